The van der Waals surface area contributed by atoms with Gasteiger partial charge in [-0.15, -0.1) is 0 Å². The molecule has 166 valence electrons. The van der Waals surface area contributed by atoms with Gasteiger partial charge in [0.25, 0.3) is 5.91 Å². The summed E-state index contributed by atoms with van der Waals surface area (Å²) in [5.41, 5.74) is 0.969. The van der Waals surface area contributed by atoms with Gasteiger partial charge in [0.05, 0.1) is 32.5 Å². The first kappa shape index (κ1) is 22.7. The van der Waals surface area contributed by atoms with Crippen LogP contribution < -0.4 is 10.1 Å². The van der Waals surface area contributed by atoms with E-state index in [1.54, 1.807) is 19.1 Å². The Labute approximate surface area is 181 Å². The Kier molecular flexibility index (Phi) is 7.26. The third-order valence-corrected chi connectivity index (χ3v) is 6.59. The van der Waals surface area contributed by atoms with Crippen molar-refractivity contribution in [2.24, 2.45) is 0 Å². The molecule has 0 saturated carbocycles. The lowest BCUT2D eigenvalue weighted by Gasteiger charge is -2.26. The first-order valence-electron chi connectivity index (χ1n) is 9.71. The Morgan fingerprint density at radius 1 is 1.06 bits per heavy atom. The van der Waals surface area contributed by atoms with Crippen LogP contribution in [0.4, 0.5) is 5.69 Å². The largest absolute Gasteiger partial charge is 0.495 e. The number of nitrogens with one attached hydrogen (secondary N) is 1. The highest BCUT2D eigenvalue weighted by Gasteiger charge is 2.30. The molecule has 0 aliphatic carbocycles. The quantitative estimate of drug-likeness (QED) is 0.646. The van der Waals surface area contributed by atoms with Gasteiger partial charge in [0.15, 0.2) is 0 Å². The molecule has 2 aromatic rings. The van der Waals surface area contributed by atoms with Gasteiger partial charge in [-0.05, 0) is 49.4 Å². The Bertz CT molecular complexity index is 1050. The Morgan fingerprint density at radius 3 is 2.32 bits per heavy atom. The number of carbonyl (C=O) groups is 2. The van der Waals surface area contributed by atoms with Crippen LogP contribution in [-0.2, 0) is 19.5 Å². The maximum absolute atomic E-state index is 13.1. The van der Waals surface area contributed by atoms with Gasteiger partial charge in [0.2, 0.25) is 10.0 Å². The van der Waals surface area contributed by atoms with Gasteiger partial charge >= 0.3 is 5.97 Å². The molecule has 31 heavy (non-hydrogen) atoms. The van der Waals surface area contributed by atoms with Crippen molar-refractivity contribution in [1.82, 2.24) is 4.31 Å². The summed E-state index contributed by atoms with van der Waals surface area (Å²) in [5.74, 6) is -0.791. The average molecular weight is 448 g/mol. The number of ether oxygens (including phenoxy) is 3. The molecule has 9 nitrogen and oxygen atoms in total. The minimum absolute atomic E-state index is 0.0813. The fourth-order valence-electron chi connectivity index (χ4n) is 3.05. The summed E-state index contributed by atoms with van der Waals surface area (Å²) in [6.07, 6.45) is 0. The van der Waals surface area contributed by atoms with Crippen LogP contribution in [0.15, 0.2) is 47.4 Å². The van der Waals surface area contributed by atoms with E-state index >= 15 is 0 Å². The summed E-state index contributed by atoms with van der Waals surface area (Å²) in [6.45, 7) is 3.07. The first-order valence-corrected chi connectivity index (χ1v) is 11.1. The number of carbonyl (C=O) groups excluding carboxylic acids is 2. The average Bonchev–Trinajstić information content (AvgIpc) is 2.79. The number of anilines is 1. The molecule has 0 atom stereocenters. The lowest BCUT2D eigenvalue weighted by molar-refractivity contribution is 0.0526. The van der Waals surface area contributed by atoms with Crippen LogP contribution in [0.3, 0.4) is 0 Å². The van der Waals surface area contributed by atoms with Crippen LogP contribution in [0, 0.1) is 0 Å². The molecule has 1 N–H and O–H groups in total. The van der Waals surface area contributed by atoms with E-state index < -0.39 is 21.9 Å². The molecule has 0 spiro atoms. The van der Waals surface area contributed by atoms with Crippen LogP contribution in [0.2, 0.25) is 0 Å². The van der Waals surface area contributed by atoms with Crippen molar-refractivity contribution in [3.63, 3.8) is 0 Å². The molecule has 1 fully saturated rings. The van der Waals surface area contributed by atoms with Crippen LogP contribution >= 0.6 is 0 Å². The lowest BCUT2D eigenvalue weighted by atomic mass is 10.1. The van der Waals surface area contributed by atoms with Crippen LogP contribution in [0.25, 0.3) is 0 Å². The normalized spacial score (nSPS) is 14.6. The van der Waals surface area contributed by atoms with Gasteiger partial charge in [-0.25, -0.2) is 13.2 Å². The fraction of sp³-hybridized carbons (Fsp3) is 0.333. The smallest absolute Gasteiger partial charge is 0.338 e. The SMILES string of the molecule is CCOC(=O)c1ccc(NC(=O)c2ccc(OC)c(S(=O)(=O)N3CCOCC3)c2)cc1. The van der Waals surface area contributed by atoms with E-state index in [0.717, 1.165) is 0 Å². The molecule has 0 radical (unpaired) electrons. The summed E-state index contributed by atoms with van der Waals surface area (Å²) in [6, 6.07) is 10.4. The van der Waals surface area contributed by atoms with Crippen molar-refractivity contribution in [1.29, 1.82) is 0 Å². The Balaban J connectivity index is 1.82. The molecule has 2 aromatic carbocycles. The van der Waals surface area contributed by atoms with Crippen molar-refractivity contribution in [3.05, 3.63) is 53.6 Å². The number of methoxy groups -OCH3 is 1. The number of hydrogen-bond donors (Lipinski definition) is 1. The van der Waals surface area contributed by atoms with E-state index in [9.17, 15) is 18.0 Å². The summed E-state index contributed by atoms with van der Waals surface area (Å²) >= 11 is 0. The number of benzene rings is 2. The van der Waals surface area contributed by atoms with Crippen molar-refractivity contribution in [2.45, 2.75) is 11.8 Å². The number of amides is 1. The van der Waals surface area contributed by atoms with Gasteiger partial charge in [-0.2, -0.15) is 4.31 Å². The van der Waals surface area contributed by atoms with Crippen molar-refractivity contribution in [3.8, 4) is 5.75 Å². The van der Waals surface area contributed by atoms with E-state index in [4.69, 9.17) is 14.2 Å². The maximum Gasteiger partial charge on any atom is 0.338 e. The first-order chi connectivity index (χ1) is 14.9. The number of rotatable bonds is 7. The van der Waals surface area contributed by atoms with Crippen LogP contribution in [-0.4, -0.2) is 64.6 Å². The minimum atomic E-state index is -3.86. The number of esters is 1. The highest BCUT2D eigenvalue weighted by atomic mass is 32.2. The molecule has 3 rings (SSSR count). The molecule has 0 aromatic heterocycles. The fourth-order valence-corrected chi connectivity index (χ4v) is 4.64. The topological polar surface area (TPSA) is 111 Å². The maximum atomic E-state index is 13.1. The van der Waals surface area contributed by atoms with E-state index in [2.05, 4.69) is 5.32 Å². The van der Waals surface area contributed by atoms with Gasteiger partial charge in [0, 0.05) is 24.3 Å². The highest BCUT2D eigenvalue weighted by molar-refractivity contribution is 7.89. The van der Waals surface area contributed by atoms with E-state index in [0.29, 0.717) is 24.5 Å². The molecular weight excluding hydrogens is 424 g/mol. The third-order valence-electron chi connectivity index (χ3n) is 4.67. The third kappa shape index (κ3) is 5.22. The number of hydrogen-bond acceptors (Lipinski definition) is 7. The monoisotopic (exact) mass is 448 g/mol. The molecule has 1 heterocycles. The zero-order valence-electron chi connectivity index (χ0n) is 17.3. The second kappa shape index (κ2) is 9.90. The van der Waals surface area contributed by atoms with Crippen molar-refractivity contribution >= 4 is 27.6 Å². The number of sulfonamides is 1. The zero-order valence-corrected chi connectivity index (χ0v) is 18.1. The predicted octanol–water partition coefficient (Wildman–Crippen LogP) is 2.15. The van der Waals surface area contributed by atoms with Gasteiger partial charge in [-0.1, -0.05) is 0 Å². The zero-order chi connectivity index (χ0) is 22.4. The second-order valence-corrected chi connectivity index (χ2v) is 8.54. The van der Waals surface area contributed by atoms with Gasteiger partial charge in [0.1, 0.15) is 10.6 Å². The molecule has 0 bridgehead atoms. The Morgan fingerprint density at radius 2 is 1.71 bits per heavy atom. The summed E-state index contributed by atoms with van der Waals surface area (Å²) < 4.78 is 42.8. The van der Waals surface area contributed by atoms with Gasteiger partial charge in [-0.3, -0.25) is 4.79 Å². The predicted molar refractivity (Wildman–Crippen MR) is 113 cm³/mol. The van der Waals surface area contributed by atoms with Gasteiger partial charge < -0.3 is 19.5 Å². The molecule has 1 aliphatic rings. The van der Waals surface area contributed by atoms with Crippen molar-refractivity contribution in [2.75, 3.05) is 45.3 Å². The van der Waals surface area contributed by atoms with Crippen molar-refractivity contribution < 1.29 is 32.2 Å². The lowest BCUT2D eigenvalue weighted by Crippen LogP contribution is -2.40. The second-order valence-electron chi connectivity index (χ2n) is 6.63. The highest BCUT2D eigenvalue weighted by Crippen LogP contribution is 2.28. The molecule has 1 saturated heterocycles. The summed E-state index contributed by atoms with van der Waals surface area (Å²) in [4.78, 5) is 24.4. The minimum Gasteiger partial charge on any atom is -0.495 e. The number of morpholine rings is 1. The summed E-state index contributed by atoms with van der Waals surface area (Å²) in [7, 11) is -2.48. The standard InChI is InChI=1S/C21H24N2O7S/c1-3-30-21(25)15-4-7-17(8-5-15)22-20(24)16-6-9-18(28-2)19(14-16)31(26,27)23-10-12-29-13-11-23/h4-9,14H,3,10-13H2,1-2H3,(H,22,24). The van der Waals surface area contributed by atoms with E-state index in [-0.39, 0.29) is 35.9 Å². The Hall–Kier alpha value is -2.95. The van der Waals surface area contributed by atoms with Crippen LogP contribution in [0.1, 0.15) is 27.6 Å². The van der Waals surface area contributed by atoms with E-state index in [1.807, 2.05) is 0 Å². The molecular formula is C21H24N2O7S. The molecule has 1 amide bonds. The molecule has 0 unspecified atom stereocenters. The molecule has 1 aliphatic heterocycles. The molecule has 10 heteroatoms. The number of nitrogens with zero attached hydrogens (tertiary/aromatic N) is 1. The summed E-state index contributed by atoms with van der Waals surface area (Å²) in [5, 5.41) is 2.69. The van der Waals surface area contributed by atoms with E-state index in [1.165, 1.54) is 41.7 Å². The van der Waals surface area contributed by atoms with Crippen LogP contribution in [0.5, 0.6) is 5.75 Å².